The minimum absolute atomic E-state index is 0.00200. The number of hydrogen-bond donors (Lipinski definition) is 1. The van der Waals surface area contributed by atoms with Gasteiger partial charge < -0.3 is 19.9 Å². The molecule has 1 heterocycles. The average Bonchev–Trinajstić information content (AvgIpc) is 2.64. The Labute approximate surface area is 162 Å². The first-order valence-corrected chi connectivity index (χ1v) is 9.69. The number of nitrogens with one attached hydrogen (secondary N) is 1. The SMILES string of the molecule is COc1ccc(C(CC(=O)NCC(=O)N2CCN(C)CC2)C(C)C)cc1C. The number of hydrogen-bond acceptors (Lipinski definition) is 4. The van der Waals surface area contributed by atoms with Crippen LogP contribution in [0.2, 0.25) is 0 Å². The van der Waals surface area contributed by atoms with Crippen LogP contribution in [0.4, 0.5) is 0 Å². The van der Waals surface area contributed by atoms with Crippen LogP contribution in [-0.2, 0) is 9.59 Å². The maximum absolute atomic E-state index is 12.5. The van der Waals surface area contributed by atoms with E-state index >= 15 is 0 Å². The Bertz CT molecular complexity index is 652. The molecule has 2 amide bonds. The molecule has 0 aromatic heterocycles. The number of carbonyl (C=O) groups excluding carboxylic acids is 2. The first kappa shape index (κ1) is 21.2. The second-order valence-corrected chi connectivity index (χ2v) is 7.74. The molecule has 150 valence electrons. The van der Waals surface area contributed by atoms with Crippen LogP contribution >= 0.6 is 0 Å². The van der Waals surface area contributed by atoms with Gasteiger partial charge in [0.1, 0.15) is 5.75 Å². The van der Waals surface area contributed by atoms with Crippen molar-refractivity contribution in [3.63, 3.8) is 0 Å². The van der Waals surface area contributed by atoms with E-state index in [2.05, 4.69) is 37.2 Å². The molecule has 1 aromatic carbocycles. The monoisotopic (exact) mass is 375 g/mol. The normalized spacial score (nSPS) is 16.3. The van der Waals surface area contributed by atoms with Crippen molar-refractivity contribution in [2.45, 2.75) is 33.1 Å². The number of ether oxygens (including phenoxy) is 1. The predicted octanol–water partition coefficient (Wildman–Crippen LogP) is 2.02. The van der Waals surface area contributed by atoms with Crippen molar-refractivity contribution in [1.82, 2.24) is 15.1 Å². The van der Waals surface area contributed by atoms with Gasteiger partial charge in [-0.2, -0.15) is 0 Å². The minimum atomic E-state index is -0.0790. The van der Waals surface area contributed by atoms with Crippen LogP contribution in [-0.4, -0.2) is 68.5 Å². The lowest BCUT2D eigenvalue weighted by molar-refractivity contribution is -0.134. The first-order valence-electron chi connectivity index (χ1n) is 9.69. The summed E-state index contributed by atoms with van der Waals surface area (Å²) in [7, 11) is 3.71. The second kappa shape index (κ2) is 9.74. The third kappa shape index (κ3) is 5.96. The highest BCUT2D eigenvalue weighted by atomic mass is 16.5. The molecule has 1 aromatic rings. The van der Waals surface area contributed by atoms with Crippen molar-refractivity contribution in [2.24, 2.45) is 5.92 Å². The largest absolute Gasteiger partial charge is 0.496 e. The van der Waals surface area contributed by atoms with Gasteiger partial charge in [-0.25, -0.2) is 0 Å². The minimum Gasteiger partial charge on any atom is -0.496 e. The molecule has 1 aliphatic rings. The van der Waals surface area contributed by atoms with Gasteiger partial charge in [0.25, 0.3) is 0 Å². The van der Waals surface area contributed by atoms with Gasteiger partial charge in [0.2, 0.25) is 11.8 Å². The molecule has 1 fully saturated rings. The number of likely N-dealkylation sites (N-methyl/N-ethyl adjacent to an activating group) is 1. The quantitative estimate of drug-likeness (QED) is 0.792. The van der Waals surface area contributed by atoms with Crippen LogP contribution in [0.5, 0.6) is 5.75 Å². The standard InChI is InChI=1S/C21H33N3O3/c1-15(2)18(17-6-7-19(27-5)16(3)12-17)13-20(25)22-14-21(26)24-10-8-23(4)9-11-24/h6-7,12,15,18H,8-11,13-14H2,1-5H3,(H,22,25). The molecular weight excluding hydrogens is 342 g/mol. The number of piperazine rings is 1. The average molecular weight is 376 g/mol. The molecule has 1 saturated heterocycles. The van der Waals surface area contributed by atoms with Crippen molar-refractivity contribution in [3.05, 3.63) is 29.3 Å². The Morgan fingerprint density at radius 2 is 1.85 bits per heavy atom. The van der Waals surface area contributed by atoms with E-state index in [-0.39, 0.29) is 24.3 Å². The molecule has 6 nitrogen and oxygen atoms in total. The zero-order valence-electron chi connectivity index (χ0n) is 17.2. The maximum atomic E-state index is 12.5. The third-order valence-corrected chi connectivity index (χ3v) is 5.35. The topological polar surface area (TPSA) is 61.9 Å². The summed E-state index contributed by atoms with van der Waals surface area (Å²) >= 11 is 0. The number of nitrogens with zero attached hydrogens (tertiary/aromatic N) is 2. The molecule has 0 radical (unpaired) electrons. The predicted molar refractivity (Wildman–Crippen MR) is 107 cm³/mol. The molecule has 1 N–H and O–H groups in total. The molecule has 1 aliphatic heterocycles. The fourth-order valence-electron chi connectivity index (χ4n) is 3.48. The van der Waals surface area contributed by atoms with Gasteiger partial charge >= 0.3 is 0 Å². The molecule has 0 saturated carbocycles. The molecule has 2 rings (SSSR count). The van der Waals surface area contributed by atoms with Crippen LogP contribution < -0.4 is 10.1 Å². The van der Waals surface area contributed by atoms with E-state index in [4.69, 9.17) is 4.74 Å². The zero-order valence-corrected chi connectivity index (χ0v) is 17.2. The smallest absolute Gasteiger partial charge is 0.242 e. The number of aryl methyl sites for hydroxylation is 1. The highest BCUT2D eigenvalue weighted by molar-refractivity contribution is 5.85. The Morgan fingerprint density at radius 1 is 1.19 bits per heavy atom. The highest BCUT2D eigenvalue weighted by Crippen LogP contribution is 2.31. The summed E-state index contributed by atoms with van der Waals surface area (Å²) in [6.45, 7) is 9.54. The highest BCUT2D eigenvalue weighted by Gasteiger charge is 2.22. The van der Waals surface area contributed by atoms with Gasteiger partial charge in [-0.3, -0.25) is 9.59 Å². The summed E-state index contributed by atoms with van der Waals surface area (Å²) in [6, 6.07) is 6.07. The van der Waals surface area contributed by atoms with Gasteiger partial charge in [-0.1, -0.05) is 26.0 Å². The lowest BCUT2D eigenvalue weighted by atomic mass is 9.85. The summed E-state index contributed by atoms with van der Waals surface area (Å²) in [5.41, 5.74) is 2.19. The van der Waals surface area contributed by atoms with Crippen molar-refractivity contribution in [3.8, 4) is 5.75 Å². The van der Waals surface area contributed by atoms with E-state index < -0.39 is 0 Å². The zero-order chi connectivity index (χ0) is 20.0. The molecule has 1 atom stereocenters. The Balaban J connectivity index is 1.91. The van der Waals surface area contributed by atoms with Crippen molar-refractivity contribution >= 4 is 11.8 Å². The summed E-state index contributed by atoms with van der Waals surface area (Å²) in [4.78, 5) is 28.8. The Kier molecular flexibility index (Phi) is 7.66. The molecule has 0 bridgehead atoms. The van der Waals surface area contributed by atoms with E-state index in [1.807, 2.05) is 24.0 Å². The van der Waals surface area contributed by atoms with Crippen molar-refractivity contribution in [2.75, 3.05) is 46.9 Å². The number of methoxy groups -OCH3 is 1. The van der Waals surface area contributed by atoms with Gasteiger partial charge in [0, 0.05) is 32.6 Å². The number of carbonyl (C=O) groups is 2. The lowest BCUT2D eigenvalue weighted by Gasteiger charge is -2.32. The molecule has 0 aliphatic carbocycles. The van der Waals surface area contributed by atoms with Crippen LogP contribution in [0.3, 0.4) is 0 Å². The molecule has 6 heteroatoms. The molecule has 0 spiro atoms. The first-order chi connectivity index (χ1) is 12.8. The summed E-state index contributed by atoms with van der Waals surface area (Å²) in [5, 5.41) is 2.81. The molecule has 27 heavy (non-hydrogen) atoms. The van der Waals surface area contributed by atoms with Crippen molar-refractivity contribution in [1.29, 1.82) is 0 Å². The lowest BCUT2D eigenvalue weighted by Crippen LogP contribution is -2.50. The fourth-order valence-corrected chi connectivity index (χ4v) is 3.48. The molecule has 1 unspecified atom stereocenters. The summed E-state index contributed by atoms with van der Waals surface area (Å²) in [5.74, 6) is 1.19. The van der Waals surface area contributed by atoms with E-state index in [1.54, 1.807) is 7.11 Å². The molecular formula is C21H33N3O3. The van der Waals surface area contributed by atoms with Gasteiger partial charge in [-0.05, 0) is 43.0 Å². The van der Waals surface area contributed by atoms with E-state index in [1.165, 1.54) is 0 Å². The third-order valence-electron chi connectivity index (χ3n) is 5.35. The van der Waals surface area contributed by atoms with Crippen LogP contribution in [0.1, 0.15) is 37.3 Å². The summed E-state index contributed by atoms with van der Waals surface area (Å²) in [6.07, 6.45) is 0.374. The maximum Gasteiger partial charge on any atom is 0.242 e. The van der Waals surface area contributed by atoms with Crippen LogP contribution in [0.15, 0.2) is 18.2 Å². The second-order valence-electron chi connectivity index (χ2n) is 7.74. The number of rotatable bonds is 7. The van der Waals surface area contributed by atoms with E-state index in [9.17, 15) is 9.59 Å². The summed E-state index contributed by atoms with van der Waals surface area (Å²) < 4.78 is 5.33. The fraction of sp³-hybridized carbons (Fsp3) is 0.619. The van der Waals surface area contributed by atoms with Gasteiger partial charge in [0.05, 0.1) is 13.7 Å². The van der Waals surface area contributed by atoms with Gasteiger partial charge in [-0.15, -0.1) is 0 Å². The van der Waals surface area contributed by atoms with Crippen molar-refractivity contribution < 1.29 is 14.3 Å². The number of amides is 2. The van der Waals surface area contributed by atoms with Crippen LogP contribution in [0.25, 0.3) is 0 Å². The number of benzene rings is 1. The van der Waals surface area contributed by atoms with E-state index in [0.717, 1.165) is 43.1 Å². The van der Waals surface area contributed by atoms with Crippen LogP contribution in [0, 0.1) is 12.8 Å². The van der Waals surface area contributed by atoms with E-state index in [0.29, 0.717) is 12.3 Å². The van der Waals surface area contributed by atoms with Gasteiger partial charge in [0.15, 0.2) is 0 Å². The Morgan fingerprint density at radius 3 is 2.41 bits per heavy atom. The Hall–Kier alpha value is -2.08.